The first-order chi connectivity index (χ1) is 11.5. The number of ether oxygens (including phenoxy) is 1. The monoisotopic (exact) mass is 349 g/mol. The fraction of sp³-hybridized carbons (Fsp3) is 0.176. The maximum absolute atomic E-state index is 13.9. The minimum Gasteiger partial charge on any atom is -0.478 e. The Kier molecular flexibility index (Phi) is 4.40. The molecule has 1 heterocycles. The Labute approximate surface area is 142 Å². The highest BCUT2D eigenvalue weighted by atomic mass is 35.5. The second kappa shape index (κ2) is 6.49. The van der Waals surface area contributed by atoms with Crippen LogP contribution in [0.15, 0.2) is 42.5 Å². The van der Waals surface area contributed by atoms with Gasteiger partial charge in [0.25, 0.3) is 0 Å². The van der Waals surface area contributed by atoms with E-state index in [1.165, 1.54) is 23.1 Å². The summed E-state index contributed by atoms with van der Waals surface area (Å²) >= 11 is 5.96. The maximum atomic E-state index is 13.9. The van der Waals surface area contributed by atoms with Gasteiger partial charge < -0.3 is 14.7 Å². The van der Waals surface area contributed by atoms with Crippen LogP contribution in [0, 0.1) is 5.82 Å². The zero-order valence-corrected chi connectivity index (χ0v) is 13.2. The van der Waals surface area contributed by atoms with E-state index in [0.29, 0.717) is 11.4 Å². The summed E-state index contributed by atoms with van der Waals surface area (Å²) in [5.74, 6) is -1.91. The zero-order valence-electron chi connectivity index (χ0n) is 12.4. The van der Waals surface area contributed by atoms with Crippen molar-refractivity contribution in [2.24, 2.45) is 0 Å². The normalized spacial score (nSPS) is 16.2. The lowest BCUT2D eigenvalue weighted by Gasteiger charge is -2.33. The van der Waals surface area contributed by atoms with E-state index in [0.717, 1.165) is 0 Å². The number of hydrogen-bond acceptors (Lipinski definition) is 3. The number of fused-ring (bicyclic) bond motifs is 1. The van der Waals surface area contributed by atoms with Gasteiger partial charge in [0.15, 0.2) is 0 Å². The first kappa shape index (κ1) is 16.3. The number of aliphatic carboxylic acids is 1. The summed E-state index contributed by atoms with van der Waals surface area (Å²) in [5, 5.41) is 9.35. The number of anilines is 1. The lowest BCUT2D eigenvalue weighted by molar-refractivity contribution is -0.145. The number of amides is 1. The number of carboxylic acid groups (broad SMARTS) is 1. The van der Waals surface area contributed by atoms with E-state index in [2.05, 4.69) is 0 Å². The summed E-state index contributed by atoms with van der Waals surface area (Å²) in [6, 6.07) is 10.8. The van der Waals surface area contributed by atoms with Crippen molar-refractivity contribution in [1.29, 1.82) is 0 Å². The van der Waals surface area contributed by atoms with E-state index in [9.17, 15) is 19.1 Å². The lowest BCUT2D eigenvalue weighted by atomic mass is 10.1. The highest BCUT2D eigenvalue weighted by Crippen LogP contribution is 2.34. The standard InChI is InChI=1S/C17H13ClFNO4/c18-11-4-3-5-12(19)10(11)8-16(21)20-9-15(17(22)23)24-14-7-2-1-6-13(14)20/h1-7,15H,8-9H2,(H,22,23). The topological polar surface area (TPSA) is 66.8 Å². The molecule has 3 rings (SSSR count). The molecule has 2 aromatic carbocycles. The van der Waals surface area contributed by atoms with Crippen molar-refractivity contribution < 1.29 is 23.8 Å². The van der Waals surface area contributed by atoms with E-state index in [-0.39, 0.29) is 23.6 Å². The Balaban J connectivity index is 1.92. The van der Waals surface area contributed by atoms with Crippen molar-refractivity contribution in [3.05, 3.63) is 58.9 Å². The maximum Gasteiger partial charge on any atom is 0.346 e. The molecule has 7 heteroatoms. The number of nitrogens with zero attached hydrogens (tertiary/aromatic N) is 1. The Morgan fingerprint density at radius 3 is 2.71 bits per heavy atom. The van der Waals surface area contributed by atoms with Gasteiger partial charge in [-0.05, 0) is 24.3 Å². The quantitative estimate of drug-likeness (QED) is 0.925. The van der Waals surface area contributed by atoms with Gasteiger partial charge in [0.05, 0.1) is 18.7 Å². The van der Waals surface area contributed by atoms with E-state index < -0.39 is 23.8 Å². The van der Waals surface area contributed by atoms with E-state index in [1.807, 2.05) is 0 Å². The van der Waals surface area contributed by atoms with Gasteiger partial charge >= 0.3 is 5.97 Å². The van der Waals surface area contributed by atoms with Crippen molar-refractivity contribution in [3.63, 3.8) is 0 Å². The summed E-state index contributed by atoms with van der Waals surface area (Å²) in [6.45, 7) is -0.156. The van der Waals surface area contributed by atoms with Crippen molar-refractivity contribution >= 4 is 29.2 Å². The molecule has 0 radical (unpaired) electrons. The number of benzene rings is 2. The number of carbonyl (C=O) groups is 2. The Hall–Kier alpha value is -2.60. The molecule has 0 saturated heterocycles. The summed E-state index contributed by atoms with van der Waals surface area (Å²) in [4.78, 5) is 25.2. The molecule has 1 aliphatic rings. The third kappa shape index (κ3) is 3.05. The number of hydrogen-bond donors (Lipinski definition) is 1. The average Bonchev–Trinajstić information content (AvgIpc) is 2.57. The van der Waals surface area contributed by atoms with Gasteiger partial charge in [0.1, 0.15) is 11.6 Å². The molecule has 0 aromatic heterocycles. The van der Waals surface area contributed by atoms with Gasteiger partial charge in [-0.25, -0.2) is 9.18 Å². The zero-order chi connectivity index (χ0) is 17.3. The molecule has 1 aliphatic heterocycles. The molecule has 1 N–H and O–H groups in total. The number of rotatable bonds is 3. The summed E-state index contributed by atoms with van der Waals surface area (Å²) < 4.78 is 19.3. The van der Waals surface area contributed by atoms with Crippen LogP contribution < -0.4 is 9.64 Å². The molecule has 0 spiro atoms. The molecule has 1 atom stereocenters. The van der Waals surface area contributed by atoms with Gasteiger partial charge in [-0.3, -0.25) is 4.79 Å². The molecule has 1 unspecified atom stereocenters. The summed E-state index contributed by atoms with van der Waals surface area (Å²) in [6.07, 6.45) is -1.45. The van der Waals surface area contributed by atoms with Gasteiger partial charge in [-0.1, -0.05) is 29.8 Å². The molecule has 0 saturated carbocycles. The fourth-order valence-corrected chi connectivity index (χ4v) is 2.78. The van der Waals surface area contributed by atoms with Crippen molar-refractivity contribution in [2.75, 3.05) is 11.4 Å². The van der Waals surface area contributed by atoms with E-state index in [4.69, 9.17) is 16.3 Å². The first-order valence-corrected chi connectivity index (χ1v) is 7.57. The second-order valence-electron chi connectivity index (χ2n) is 5.29. The summed E-state index contributed by atoms with van der Waals surface area (Å²) in [7, 11) is 0. The third-order valence-corrected chi connectivity index (χ3v) is 4.09. The molecule has 124 valence electrons. The van der Waals surface area contributed by atoms with Crippen LogP contribution in [0.3, 0.4) is 0 Å². The molecule has 0 bridgehead atoms. The van der Waals surface area contributed by atoms with Crippen molar-refractivity contribution in [1.82, 2.24) is 0 Å². The Morgan fingerprint density at radius 1 is 1.25 bits per heavy atom. The average molecular weight is 350 g/mol. The van der Waals surface area contributed by atoms with Gasteiger partial charge in [0.2, 0.25) is 12.0 Å². The predicted octanol–water partition coefficient (Wildman–Crippen LogP) is 2.90. The van der Waals surface area contributed by atoms with Crippen LogP contribution in [0.2, 0.25) is 5.02 Å². The molecule has 0 fully saturated rings. The predicted molar refractivity (Wildman–Crippen MR) is 86.0 cm³/mol. The second-order valence-corrected chi connectivity index (χ2v) is 5.70. The van der Waals surface area contributed by atoms with Crippen molar-refractivity contribution in [2.45, 2.75) is 12.5 Å². The third-order valence-electron chi connectivity index (χ3n) is 3.74. The Bertz CT molecular complexity index is 791. The van der Waals surface area contributed by atoms with Crippen LogP contribution in [0.25, 0.3) is 0 Å². The molecular weight excluding hydrogens is 337 g/mol. The molecule has 5 nitrogen and oxygen atoms in total. The van der Waals surface area contributed by atoms with Crippen LogP contribution in [-0.2, 0) is 16.0 Å². The fourth-order valence-electron chi connectivity index (χ4n) is 2.55. The Morgan fingerprint density at radius 2 is 2.00 bits per heavy atom. The SMILES string of the molecule is O=C(O)C1CN(C(=O)Cc2c(F)cccc2Cl)c2ccccc2O1. The highest BCUT2D eigenvalue weighted by Gasteiger charge is 2.33. The van der Waals surface area contributed by atoms with Crippen molar-refractivity contribution in [3.8, 4) is 5.75 Å². The van der Waals surface area contributed by atoms with E-state index in [1.54, 1.807) is 24.3 Å². The highest BCUT2D eigenvalue weighted by molar-refractivity contribution is 6.31. The van der Waals surface area contributed by atoms with Crippen LogP contribution in [-0.4, -0.2) is 29.6 Å². The van der Waals surface area contributed by atoms with Gasteiger partial charge in [-0.15, -0.1) is 0 Å². The smallest absolute Gasteiger partial charge is 0.346 e. The number of halogens is 2. The number of para-hydroxylation sites is 2. The van der Waals surface area contributed by atoms with Crippen LogP contribution in [0.4, 0.5) is 10.1 Å². The lowest BCUT2D eigenvalue weighted by Crippen LogP contribution is -2.47. The largest absolute Gasteiger partial charge is 0.478 e. The van der Waals surface area contributed by atoms with Crippen LogP contribution in [0.5, 0.6) is 5.75 Å². The minimum absolute atomic E-state index is 0.0833. The summed E-state index contributed by atoms with van der Waals surface area (Å²) in [5.41, 5.74) is 0.535. The first-order valence-electron chi connectivity index (χ1n) is 7.19. The molecule has 0 aliphatic carbocycles. The van der Waals surface area contributed by atoms with Crippen LogP contribution in [0.1, 0.15) is 5.56 Å². The van der Waals surface area contributed by atoms with Gasteiger partial charge in [-0.2, -0.15) is 0 Å². The minimum atomic E-state index is -1.18. The van der Waals surface area contributed by atoms with Crippen LogP contribution >= 0.6 is 11.6 Å². The molecule has 1 amide bonds. The molecular formula is C17H13ClFNO4. The van der Waals surface area contributed by atoms with E-state index >= 15 is 0 Å². The number of carbonyl (C=O) groups excluding carboxylic acids is 1. The number of carboxylic acids is 1. The molecule has 24 heavy (non-hydrogen) atoms. The van der Waals surface area contributed by atoms with Gasteiger partial charge in [0, 0.05) is 10.6 Å². The molecule has 2 aromatic rings.